The van der Waals surface area contributed by atoms with Crippen molar-refractivity contribution in [1.82, 2.24) is 5.32 Å². The van der Waals surface area contributed by atoms with Crippen LogP contribution in [0.3, 0.4) is 0 Å². The van der Waals surface area contributed by atoms with Gasteiger partial charge in [0.05, 0.1) is 23.5 Å². The van der Waals surface area contributed by atoms with Crippen LogP contribution in [0, 0.1) is 16.0 Å². The maximum atomic E-state index is 13.1. The first-order valence-corrected chi connectivity index (χ1v) is 10.2. The topological polar surface area (TPSA) is 87.9 Å². The highest BCUT2D eigenvalue weighted by atomic mass is 16.6. The summed E-state index contributed by atoms with van der Waals surface area (Å²) in [4.78, 5) is 28.5. The molecule has 0 radical (unpaired) electrons. The minimum Gasteiger partial charge on any atom is -0.383 e. The van der Waals surface area contributed by atoms with E-state index in [-0.39, 0.29) is 28.5 Å². The Bertz CT molecular complexity index is 921. The van der Waals surface area contributed by atoms with Crippen LogP contribution in [0.1, 0.15) is 5.56 Å². The van der Waals surface area contributed by atoms with Crippen molar-refractivity contribution in [2.24, 2.45) is 5.92 Å². The second-order valence-electron chi connectivity index (χ2n) is 7.71. The Morgan fingerprint density at radius 2 is 2.03 bits per heavy atom. The molecule has 2 aromatic carbocycles. The van der Waals surface area contributed by atoms with E-state index in [1.807, 2.05) is 24.3 Å². The molecule has 8 heteroatoms. The Morgan fingerprint density at radius 3 is 2.77 bits per heavy atom. The van der Waals surface area contributed by atoms with Crippen molar-refractivity contribution >= 4 is 23.0 Å². The van der Waals surface area contributed by atoms with Crippen molar-refractivity contribution in [3.05, 3.63) is 64.2 Å². The van der Waals surface area contributed by atoms with E-state index in [9.17, 15) is 14.9 Å². The van der Waals surface area contributed by atoms with Gasteiger partial charge in [-0.25, -0.2) is 0 Å². The van der Waals surface area contributed by atoms with E-state index in [0.717, 1.165) is 36.6 Å². The summed E-state index contributed by atoms with van der Waals surface area (Å²) in [5, 5.41) is 14.2. The lowest BCUT2D eigenvalue weighted by atomic mass is 9.83. The van der Waals surface area contributed by atoms with E-state index < -0.39 is 0 Å². The number of para-hydroxylation sites is 1. The van der Waals surface area contributed by atoms with Gasteiger partial charge in [-0.3, -0.25) is 14.9 Å². The average molecular weight is 410 g/mol. The number of nitro groups is 1. The number of piperazine rings is 1. The van der Waals surface area contributed by atoms with E-state index in [4.69, 9.17) is 4.74 Å². The van der Waals surface area contributed by atoms with Crippen LogP contribution in [0.4, 0.5) is 17.1 Å². The summed E-state index contributed by atoms with van der Waals surface area (Å²) < 4.78 is 5.05. The highest BCUT2D eigenvalue weighted by Gasteiger charge is 2.42. The first-order chi connectivity index (χ1) is 14.6. The molecule has 0 bridgehead atoms. The lowest BCUT2D eigenvalue weighted by Crippen LogP contribution is -2.61. The van der Waals surface area contributed by atoms with Gasteiger partial charge in [-0.1, -0.05) is 18.2 Å². The van der Waals surface area contributed by atoms with E-state index >= 15 is 0 Å². The smallest absolute Gasteiger partial charge is 0.269 e. The number of carbonyl (C=O) groups excluding carboxylic acids is 1. The normalized spacial score (nSPS) is 20.3. The predicted octanol–water partition coefficient (Wildman–Crippen LogP) is 2.22. The zero-order chi connectivity index (χ0) is 21.1. The molecule has 2 atom stereocenters. The quantitative estimate of drug-likeness (QED) is 0.446. The second kappa shape index (κ2) is 8.71. The number of fused-ring (bicyclic) bond motifs is 3. The number of nitro benzene ring substituents is 1. The molecule has 0 saturated carbocycles. The molecule has 2 aliphatic heterocycles. The Labute approximate surface area is 175 Å². The Hall–Kier alpha value is -3.13. The number of hydrogen-bond donors (Lipinski definition) is 1. The number of methoxy groups -OCH3 is 1. The van der Waals surface area contributed by atoms with Crippen LogP contribution in [0.15, 0.2) is 48.5 Å². The van der Waals surface area contributed by atoms with Gasteiger partial charge in [0.2, 0.25) is 5.91 Å². The molecule has 1 fully saturated rings. The Kier molecular flexibility index (Phi) is 5.85. The van der Waals surface area contributed by atoms with Crippen molar-refractivity contribution in [3.63, 3.8) is 0 Å². The van der Waals surface area contributed by atoms with Crippen molar-refractivity contribution in [2.75, 3.05) is 49.7 Å². The molecule has 4 rings (SSSR count). The number of anilines is 2. The van der Waals surface area contributed by atoms with Gasteiger partial charge in [-0.05, 0) is 30.2 Å². The van der Waals surface area contributed by atoms with Crippen LogP contribution in [0.5, 0.6) is 0 Å². The van der Waals surface area contributed by atoms with Crippen molar-refractivity contribution in [3.8, 4) is 0 Å². The summed E-state index contributed by atoms with van der Waals surface area (Å²) in [6.07, 6.45) is 0.486. The molecule has 0 aliphatic carbocycles. The minimum absolute atomic E-state index is 0.00421. The van der Waals surface area contributed by atoms with Gasteiger partial charge in [-0.15, -0.1) is 0 Å². The van der Waals surface area contributed by atoms with Gasteiger partial charge in [0.25, 0.3) is 5.69 Å². The summed E-state index contributed by atoms with van der Waals surface area (Å²) in [7, 11) is 1.60. The zero-order valence-corrected chi connectivity index (χ0v) is 17.0. The molecule has 0 aromatic heterocycles. The molecule has 158 valence electrons. The molecule has 1 N–H and O–H groups in total. The number of hydrogen-bond acceptors (Lipinski definition) is 6. The number of nitrogens with zero attached hydrogens (tertiary/aromatic N) is 3. The predicted molar refractivity (Wildman–Crippen MR) is 115 cm³/mol. The van der Waals surface area contributed by atoms with E-state index in [2.05, 4.69) is 27.2 Å². The maximum absolute atomic E-state index is 13.1. The van der Waals surface area contributed by atoms with Gasteiger partial charge in [0.1, 0.15) is 0 Å². The fourth-order valence-corrected chi connectivity index (χ4v) is 4.50. The third-order valence-corrected chi connectivity index (χ3v) is 5.97. The highest BCUT2D eigenvalue weighted by molar-refractivity contribution is 5.82. The summed E-state index contributed by atoms with van der Waals surface area (Å²) in [6, 6.07) is 15.2. The molecule has 8 nitrogen and oxygen atoms in total. The third kappa shape index (κ3) is 3.95. The van der Waals surface area contributed by atoms with Gasteiger partial charge < -0.3 is 19.9 Å². The fourth-order valence-electron chi connectivity index (χ4n) is 4.50. The van der Waals surface area contributed by atoms with Crippen molar-refractivity contribution < 1.29 is 14.5 Å². The van der Waals surface area contributed by atoms with Gasteiger partial charge in [-0.2, -0.15) is 0 Å². The summed E-state index contributed by atoms with van der Waals surface area (Å²) >= 11 is 0. The van der Waals surface area contributed by atoms with Crippen LogP contribution in [-0.2, 0) is 16.0 Å². The van der Waals surface area contributed by atoms with E-state index in [1.54, 1.807) is 19.2 Å². The first-order valence-electron chi connectivity index (χ1n) is 10.2. The number of benzene rings is 2. The molecular formula is C22H26N4O4. The Morgan fingerprint density at radius 1 is 1.23 bits per heavy atom. The highest BCUT2D eigenvalue weighted by Crippen LogP contribution is 2.38. The molecule has 1 saturated heterocycles. The standard InChI is InChI=1S/C22H26N4O4/c1-30-12-9-23-22(27)19-14-16-13-18(26(28)29)7-8-20(16)25-11-10-24(15-21(19)25)17-5-3-2-4-6-17/h2-8,13,19,21H,9-12,14-15H2,1H3,(H,23,27)/t19-,21+/m1/s1. The number of nitrogens with one attached hydrogen (secondary N) is 1. The number of amides is 1. The van der Waals surface area contributed by atoms with Crippen LogP contribution in [-0.4, -0.2) is 56.8 Å². The summed E-state index contributed by atoms with van der Waals surface area (Å²) in [5.41, 5.74) is 3.07. The van der Waals surface area contributed by atoms with E-state index in [0.29, 0.717) is 19.6 Å². The molecule has 1 amide bonds. The number of carbonyl (C=O) groups is 1. The Balaban J connectivity index is 1.64. The lowest BCUT2D eigenvalue weighted by molar-refractivity contribution is -0.384. The second-order valence-corrected chi connectivity index (χ2v) is 7.71. The van der Waals surface area contributed by atoms with Crippen LogP contribution in [0.25, 0.3) is 0 Å². The third-order valence-electron chi connectivity index (χ3n) is 5.97. The molecule has 2 aliphatic rings. The zero-order valence-electron chi connectivity index (χ0n) is 17.0. The van der Waals surface area contributed by atoms with Crippen LogP contribution < -0.4 is 15.1 Å². The molecular weight excluding hydrogens is 384 g/mol. The van der Waals surface area contributed by atoms with E-state index in [1.165, 1.54) is 0 Å². The monoisotopic (exact) mass is 410 g/mol. The maximum Gasteiger partial charge on any atom is 0.269 e. The lowest BCUT2D eigenvalue weighted by Gasteiger charge is -2.49. The number of ether oxygens (including phenoxy) is 1. The number of non-ortho nitro benzene ring substituents is 1. The van der Waals surface area contributed by atoms with Gasteiger partial charge in [0.15, 0.2) is 0 Å². The molecule has 0 spiro atoms. The van der Waals surface area contributed by atoms with Crippen LogP contribution >= 0.6 is 0 Å². The van der Waals surface area contributed by atoms with Crippen molar-refractivity contribution in [2.45, 2.75) is 12.5 Å². The fraction of sp³-hybridized carbons (Fsp3) is 0.409. The van der Waals surface area contributed by atoms with Gasteiger partial charge in [0, 0.05) is 56.8 Å². The molecule has 0 unspecified atom stereocenters. The summed E-state index contributed by atoms with van der Waals surface area (Å²) in [5.74, 6) is -0.322. The van der Waals surface area contributed by atoms with Crippen molar-refractivity contribution in [1.29, 1.82) is 0 Å². The first kappa shape index (κ1) is 20.2. The largest absolute Gasteiger partial charge is 0.383 e. The SMILES string of the molecule is COCCNC(=O)[C@@H]1Cc2cc([N+](=O)[O-])ccc2N2CCN(c3ccccc3)C[C@@H]12. The van der Waals surface area contributed by atoms with Crippen LogP contribution in [0.2, 0.25) is 0 Å². The average Bonchev–Trinajstić information content (AvgIpc) is 2.78. The number of rotatable bonds is 6. The van der Waals surface area contributed by atoms with Gasteiger partial charge >= 0.3 is 0 Å². The molecule has 30 heavy (non-hydrogen) atoms. The molecule has 2 heterocycles. The molecule has 2 aromatic rings. The summed E-state index contributed by atoms with van der Waals surface area (Å²) in [6.45, 7) is 3.21. The minimum atomic E-state index is -0.382.